The molecule has 14 heavy (non-hydrogen) atoms. The first kappa shape index (κ1) is 10.5. The molecule has 0 atom stereocenters. The largest absolute Gasteiger partial charge is 0.325 e. The Morgan fingerprint density at radius 2 is 2.36 bits per heavy atom. The molecule has 5 heteroatoms. The summed E-state index contributed by atoms with van der Waals surface area (Å²) in [5.74, 6) is 0. The molecule has 2 rings (SSSR count). The van der Waals surface area contributed by atoms with E-state index in [4.69, 9.17) is 11.0 Å². The van der Waals surface area contributed by atoms with Gasteiger partial charge < -0.3 is 10.1 Å². The van der Waals surface area contributed by atoms with E-state index in [1.807, 2.05) is 16.7 Å². The number of halogens is 1. The van der Waals surface area contributed by atoms with Crippen LogP contribution in [0.4, 0.5) is 0 Å². The third-order valence-electron chi connectivity index (χ3n) is 1.94. The Bertz CT molecular complexity index is 483. The van der Waals surface area contributed by atoms with E-state index in [0.29, 0.717) is 17.8 Å². The minimum Gasteiger partial charge on any atom is -0.325 e. The highest BCUT2D eigenvalue weighted by molar-refractivity contribution is 5.85. The average Bonchev–Trinajstić information content (AvgIpc) is 2.60. The summed E-state index contributed by atoms with van der Waals surface area (Å²) in [5, 5.41) is 8.78. The third-order valence-corrected chi connectivity index (χ3v) is 1.94. The number of nitrogens with zero attached hydrogens (tertiary/aromatic N) is 3. The van der Waals surface area contributed by atoms with Gasteiger partial charge in [-0.15, -0.1) is 12.4 Å². The van der Waals surface area contributed by atoms with Crippen LogP contribution in [-0.2, 0) is 6.54 Å². The average molecular weight is 209 g/mol. The Kier molecular flexibility index (Phi) is 3.07. The second-order valence-corrected chi connectivity index (χ2v) is 2.68. The van der Waals surface area contributed by atoms with Crippen LogP contribution in [0.15, 0.2) is 24.5 Å². The van der Waals surface area contributed by atoms with Crippen molar-refractivity contribution in [2.75, 3.05) is 0 Å². The molecule has 0 aromatic carbocycles. The molecular formula is C9H9ClN4. The van der Waals surface area contributed by atoms with Crippen molar-refractivity contribution in [1.29, 1.82) is 5.26 Å². The Labute approximate surface area is 87.4 Å². The molecule has 0 spiro atoms. The highest BCUT2D eigenvalue weighted by Gasteiger charge is 2.04. The summed E-state index contributed by atoms with van der Waals surface area (Å²) in [7, 11) is 0. The molecule has 4 nitrogen and oxygen atoms in total. The van der Waals surface area contributed by atoms with E-state index in [-0.39, 0.29) is 12.4 Å². The fourth-order valence-electron chi connectivity index (χ4n) is 1.30. The molecule has 2 aromatic rings. The normalized spacial score (nSPS) is 9.43. The quantitative estimate of drug-likeness (QED) is 0.763. The van der Waals surface area contributed by atoms with E-state index in [2.05, 4.69) is 11.1 Å². The van der Waals surface area contributed by atoms with Crippen LogP contribution in [0.1, 0.15) is 11.3 Å². The molecule has 0 aliphatic rings. The van der Waals surface area contributed by atoms with Crippen LogP contribution < -0.4 is 5.73 Å². The molecule has 0 saturated carbocycles. The van der Waals surface area contributed by atoms with Gasteiger partial charge in [0.15, 0.2) is 5.65 Å². The van der Waals surface area contributed by atoms with E-state index >= 15 is 0 Å². The van der Waals surface area contributed by atoms with Crippen LogP contribution in [0.3, 0.4) is 0 Å². The van der Waals surface area contributed by atoms with Crippen molar-refractivity contribution in [3.63, 3.8) is 0 Å². The van der Waals surface area contributed by atoms with Gasteiger partial charge in [0.2, 0.25) is 0 Å². The van der Waals surface area contributed by atoms with Gasteiger partial charge in [0.25, 0.3) is 0 Å². The standard InChI is InChI=1S/C9H8N4.ClH/c10-4-7-2-1-3-13-8(5-11)6-12-9(7)13;/h1-3,6H,5,11H2;1H. The molecule has 0 radical (unpaired) electrons. The fourth-order valence-corrected chi connectivity index (χ4v) is 1.30. The summed E-state index contributed by atoms with van der Waals surface area (Å²) < 4.78 is 1.83. The molecule has 0 bridgehead atoms. The number of aromatic nitrogens is 2. The molecule has 2 aromatic heterocycles. The SMILES string of the molecule is Cl.N#Cc1cccn2c(CN)cnc12. The first-order valence-electron chi connectivity index (χ1n) is 3.92. The number of fused-ring (bicyclic) bond motifs is 1. The van der Waals surface area contributed by atoms with Gasteiger partial charge in [0.1, 0.15) is 6.07 Å². The van der Waals surface area contributed by atoms with E-state index in [0.717, 1.165) is 5.69 Å². The lowest BCUT2D eigenvalue weighted by atomic mass is 10.3. The Morgan fingerprint density at radius 3 is 3.00 bits per heavy atom. The van der Waals surface area contributed by atoms with Crippen LogP contribution in [0.2, 0.25) is 0 Å². The van der Waals surface area contributed by atoms with Crippen LogP contribution in [0.25, 0.3) is 5.65 Å². The van der Waals surface area contributed by atoms with Gasteiger partial charge in [-0.25, -0.2) is 4.98 Å². The first-order valence-corrected chi connectivity index (χ1v) is 3.92. The molecule has 0 saturated heterocycles. The van der Waals surface area contributed by atoms with Gasteiger partial charge in [-0.1, -0.05) is 0 Å². The van der Waals surface area contributed by atoms with E-state index < -0.39 is 0 Å². The van der Waals surface area contributed by atoms with Crippen molar-refractivity contribution in [2.24, 2.45) is 5.73 Å². The second kappa shape index (κ2) is 4.09. The molecule has 0 aliphatic heterocycles. The summed E-state index contributed by atoms with van der Waals surface area (Å²) in [6.07, 6.45) is 3.54. The number of nitriles is 1. The minimum atomic E-state index is 0. The summed E-state index contributed by atoms with van der Waals surface area (Å²) in [6, 6.07) is 5.63. The van der Waals surface area contributed by atoms with Gasteiger partial charge in [0.05, 0.1) is 17.5 Å². The van der Waals surface area contributed by atoms with Crippen molar-refractivity contribution in [2.45, 2.75) is 6.54 Å². The second-order valence-electron chi connectivity index (χ2n) is 2.68. The van der Waals surface area contributed by atoms with Gasteiger partial charge >= 0.3 is 0 Å². The monoisotopic (exact) mass is 208 g/mol. The van der Waals surface area contributed by atoms with Crippen LogP contribution in [0, 0.1) is 11.3 Å². The highest BCUT2D eigenvalue weighted by atomic mass is 35.5. The number of nitrogens with two attached hydrogens (primary N) is 1. The lowest BCUT2D eigenvalue weighted by Crippen LogP contribution is -2.00. The van der Waals surface area contributed by atoms with Crippen molar-refractivity contribution in [3.8, 4) is 6.07 Å². The van der Waals surface area contributed by atoms with Gasteiger partial charge in [-0.05, 0) is 12.1 Å². The van der Waals surface area contributed by atoms with Crippen LogP contribution in [-0.4, -0.2) is 9.38 Å². The Morgan fingerprint density at radius 1 is 1.57 bits per heavy atom. The maximum absolute atomic E-state index is 8.78. The zero-order chi connectivity index (χ0) is 9.26. The van der Waals surface area contributed by atoms with E-state index in [1.54, 1.807) is 12.3 Å². The molecule has 0 unspecified atom stereocenters. The maximum Gasteiger partial charge on any atom is 0.154 e. The smallest absolute Gasteiger partial charge is 0.154 e. The fraction of sp³-hybridized carbons (Fsp3) is 0.111. The first-order chi connectivity index (χ1) is 6.36. The summed E-state index contributed by atoms with van der Waals surface area (Å²) >= 11 is 0. The predicted molar refractivity (Wildman–Crippen MR) is 55.0 cm³/mol. The topological polar surface area (TPSA) is 67.1 Å². The Balaban J connectivity index is 0.000000980. The number of rotatable bonds is 1. The Hall–Kier alpha value is -1.57. The molecule has 2 heterocycles. The zero-order valence-electron chi connectivity index (χ0n) is 7.34. The lowest BCUT2D eigenvalue weighted by Gasteiger charge is -1.97. The predicted octanol–water partition coefficient (Wildman–Crippen LogP) is 1.09. The summed E-state index contributed by atoms with van der Waals surface area (Å²) in [6.45, 7) is 0.427. The summed E-state index contributed by atoms with van der Waals surface area (Å²) in [4.78, 5) is 4.12. The zero-order valence-corrected chi connectivity index (χ0v) is 8.16. The molecule has 0 aliphatic carbocycles. The molecule has 72 valence electrons. The van der Waals surface area contributed by atoms with Crippen molar-refractivity contribution in [1.82, 2.24) is 9.38 Å². The maximum atomic E-state index is 8.78. The molecule has 0 fully saturated rings. The van der Waals surface area contributed by atoms with Crippen molar-refractivity contribution < 1.29 is 0 Å². The van der Waals surface area contributed by atoms with E-state index in [1.165, 1.54) is 0 Å². The van der Waals surface area contributed by atoms with Gasteiger partial charge in [0, 0.05) is 12.7 Å². The third kappa shape index (κ3) is 1.43. The van der Waals surface area contributed by atoms with Gasteiger partial charge in [-0.2, -0.15) is 5.26 Å². The summed E-state index contributed by atoms with van der Waals surface area (Å²) in [5.41, 5.74) is 7.66. The minimum absolute atomic E-state index is 0. The van der Waals surface area contributed by atoms with Gasteiger partial charge in [-0.3, -0.25) is 0 Å². The lowest BCUT2D eigenvalue weighted by molar-refractivity contribution is 0.958. The van der Waals surface area contributed by atoms with Crippen molar-refractivity contribution >= 4 is 18.1 Å². The van der Waals surface area contributed by atoms with E-state index in [9.17, 15) is 0 Å². The van der Waals surface area contributed by atoms with Crippen LogP contribution >= 0.6 is 12.4 Å². The molecule has 2 N–H and O–H groups in total. The number of hydrogen-bond acceptors (Lipinski definition) is 3. The highest BCUT2D eigenvalue weighted by Crippen LogP contribution is 2.10. The number of hydrogen-bond donors (Lipinski definition) is 1. The number of imidazole rings is 1. The number of pyridine rings is 1. The van der Waals surface area contributed by atoms with Crippen molar-refractivity contribution in [3.05, 3.63) is 35.8 Å². The molecule has 0 amide bonds. The molecular weight excluding hydrogens is 200 g/mol. The van der Waals surface area contributed by atoms with Crippen LogP contribution in [0.5, 0.6) is 0 Å².